The number of nitrogens with zero attached hydrogens (tertiary/aromatic N) is 2. The van der Waals surface area contributed by atoms with E-state index in [0.717, 1.165) is 25.4 Å². The summed E-state index contributed by atoms with van der Waals surface area (Å²) in [5.41, 5.74) is 3.82. The summed E-state index contributed by atoms with van der Waals surface area (Å²) in [5.74, 6) is 0.928. The minimum atomic E-state index is -0.501. The van der Waals surface area contributed by atoms with Crippen LogP contribution in [0.1, 0.15) is 80.6 Å². The number of methoxy groups -OCH3 is 1. The zero-order valence-electron chi connectivity index (χ0n) is 25.4. The number of carbonyl (C=O) groups is 4. The average Bonchev–Trinajstić information content (AvgIpc) is 2.88. The molecule has 11 nitrogen and oxygen atoms in total. The van der Waals surface area contributed by atoms with Crippen LogP contribution in [0.25, 0.3) is 0 Å². The van der Waals surface area contributed by atoms with Crippen LogP contribution in [0.4, 0.5) is 4.79 Å². The van der Waals surface area contributed by atoms with Crippen molar-refractivity contribution in [3.63, 3.8) is 0 Å². The van der Waals surface area contributed by atoms with Gasteiger partial charge in [0.1, 0.15) is 5.60 Å². The molecule has 1 unspecified atom stereocenters. The highest BCUT2D eigenvalue weighted by atomic mass is 16.6. The second kappa shape index (κ2) is 18.8. The normalized spacial score (nSPS) is 22.5. The Morgan fingerprint density at radius 3 is 1.87 bits per heavy atom. The fourth-order valence-corrected chi connectivity index (χ4v) is 4.21. The number of rotatable bonds is 6. The molecule has 11 heteroatoms. The Morgan fingerprint density at radius 1 is 1.03 bits per heavy atom. The summed E-state index contributed by atoms with van der Waals surface area (Å²) in [4.78, 5) is 45.8. The lowest BCUT2D eigenvalue weighted by atomic mass is 9.72. The SMILES string of the molecule is CC(C)C.CC(CC(=O)N1CCN(C(=O)OC(C)(C)C)CC1)OCC12CCC(CC1)OC2.COC=O.NC=O. The number of primary amides is 1. The van der Waals surface area contributed by atoms with Crippen LogP contribution in [0.15, 0.2) is 0 Å². The summed E-state index contributed by atoms with van der Waals surface area (Å²) in [6.45, 7) is 18.0. The highest BCUT2D eigenvalue weighted by Crippen LogP contribution is 2.43. The van der Waals surface area contributed by atoms with Gasteiger partial charge in [0.15, 0.2) is 0 Å². The van der Waals surface area contributed by atoms with Crippen molar-refractivity contribution in [2.45, 2.75) is 98.4 Å². The zero-order valence-corrected chi connectivity index (χ0v) is 25.4. The number of nitrogens with two attached hydrogens (primary N) is 1. The van der Waals surface area contributed by atoms with Crippen LogP contribution in [0.2, 0.25) is 0 Å². The van der Waals surface area contributed by atoms with Gasteiger partial charge in [0.05, 0.1) is 39.0 Å². The van der Waals surface area contributed by atoms with Crippen molar-refractivity contribution in [2.75, 3.05) is 46.5 Å². The maximum Gasteiger partial charge on any atom is 0.410 e. The van der Waals surface area contributed by atoms with Gasteiger partial charge in [-0.2, -0.15) is 0 Å². The number of fused-ring (bicyclic) bond motifs is 3. The molecule has 3 aliphatic heterocycles. The van der Waals surface area contributed by atoms with E-state index in [0.29, 0.717) is 51.8 Å². The van der Waals surface area contributed by atoms with Gasteiger partial charge in [0.25, 0.3) is 6.47 Å². The lowest BCUT2D eigenvalue weighted by Crippen LogP contribution is -2.52. The predicted octanol–water partition coefficient (Wildman–Crippen LogP) is 3.37. The number of hydrogen-bond donors (Lipinski definition) is 1. The Hall–Kier alpha value is -2.40. The number of amides is 3. The molecule has 0 aromatic heterocycles. The first-order valence-electron chi connectivity index (χ1n) is 13.8. The molecule has 0 aromatic rings. The van der Waals surface area contributed by atoms with Crippen molar-refractivity contribution in [3.05, 3.63) is 0 Å². The topological polar surface area (TPSA) is 138 Å². The molecule has 0 spiro atoms. The van der Waals surface area contributed by atoms with E-state index in [9.17, 15) is 9.59 Å². The van der Waals surface area contributed by atoms with Crippen LogP contribution in [-0.4, -0.2) is 99.0 Å². The van der Waals surface area contributed by atoms with Crippen LogP contribution in [0.3, 0.4) is 0 Å². The van der Waals surface area contributed by atoms with Crippen molar-refractivity contribution < 1.29 is 38.1 Å². The van der Waals surface area contributed by atoms with E-state index in [4.69, 9.17) is 23.8 Å². The van der Waals surface area contributed by atoms with Crippen molar-refractivity contribution in [1.29, 1.82) is 0 Å². The largest absolute Gasteiger partial charge is 0.471 e. The van der Waals surface area contributed by atoms with Crippen molar-refractivity contribution in [1.82, 2.24) is 9.80 Å². The summed E-state index contributed by atoms with van der Waals surface area (Å²) in [7, 11) is 1.31. The minimum Gasteiger partial charge on any atom is -0.471 e. The summed E-state index contributed by atoms with van der Waals surface area (Å²) in [6.07, 6.45) is 5.30. The molecule has 2 N–H and O–H groups in total. The van der Waals surface area contributed by atoms with Gasteiger partial charge in [-0.1, -0.05) is 20.8 Å². The standard InChI is InChI=1S/C21H36N2O5.C4H10.C2H4O2.CH3NO/c1-16(26-14-21-7-5-17(6-8-21)27-15-21)13-18(24)22-9-11-23(12-10-22)19(25)28-20(2,3)4;1-4(2)3;1-4-2-3;2-1-3/h16-17H,5-15H2,1-4H3;4H,1-3H3;2H,1H3;1H,(H2,2,3). The number of ether oxygens (including phenoxy) is 4. The molecule has 3 amide bonds. The molecule has 2 bridgehead atoms. The van der Waals surface area contributed by atoms with E-state index in [1.165, 1.54) is 20.0 Å². The van der Waals surface area contributed by atoms with Crippen LogP contribution >= 0.6 is 0 Å². The van der Waals surface area contributed by atoms with E-state index in [1.54, 1.807) is 4.90 Å². The molecule has 0 aromatic carbocycles. The van der Waals surface area contributed by atoms with Crippen LogP contribution in [-0.2, 0) is 33.3 Å². The van der Waals surface area contributed by atoms with E-state index >= 15 is 0 Å². The minimum absolute atomic E-state index is 0.0949. The molecule has 4 fully saturated rings. The fourth-order valence-electron chi connectivity index (χ4n) is 4.21. The average molecular weight is 560 g/mol. The highest BCUT2D eigenvalue weighted by molar-refractivity contribution is 5.77. The monoisotopic (exact) mass is 559 g/mol. The predicted molar refractivity (Wildman–Crippen MR) is 149 cm³/mol. The third kappa shape index (κ3) is 16.3. The van der Waals surface area contributed by atoms with Crippen LogP contribution in [0, 0.1) is 11.3 Å². The van der Waals surface area contributed by atoms with Crippen LogP contribution in [0.5, 0.6) is 0 Å². The fraction of sp³-hybridized carbons (Fsp3) is 0.857. The second-order valence-electron chi connectivity index (χ2n) is 11.9. The summed E-state index contributed by atoms with van der Waals surface area (Å²) >= 11 is 0. The highest BCUT2D eigenvalue weighted by Gasteiger charge is 2.42. The summed E-state index contributed by atoms with van der Waals surface area (Å²) in [6, 6.07) is 0. The van der Waals surface area contributed by atoms with Crippen molar-refractivity contribution in [2.24, 2.45) is 17.1 Å². The van der Waals surface area contributed by atoms with E-state index in [-0.39, 0.29) is 29.9 Å². The van der Waals surface area contributed by atoms with E-state index in [2.05, 4.69) is 31.2 Å². The smallest absolute Gasteiger partial charge is 0.410 e. The third-order valence-electron chi connectivity index (χ3n) is 6.13. The van der Waals surface area contributed by atoms with Gasteiger partial charge in [-0.25, -0.2) is 4.79 Å². The molecule has 1 atom stereocenters. The number of hydrogen-bond acceptors (Lipinski definition) is 8. The number of carbonyl (C=O) groups excluding carboxylic acids is 4. The molecule has 39 heavy (non-hydrogen) atoms. The van der Waals surface area contributed by atoms with Gasteiger partial charge >= 0.3 is 6.09 Å². The molecule has 3 heterocycles. The molecule has 1 saturated carbocycles. The maximum atomic E-state index is 12.6. The maximum absolute atomic E-state index is 12.6. The second-order valence-corrected chi connectivity index (χ2v) is 11.9. The van der Waals surface area contributed by atoms with Crippen molar-refractivity contribution >= 4 is 24.9 Å². The van der Waals surface area contributed by atoms with Crippen molar-refractivity contribution in [3.8, 4) is 0 Å². The lowest BCUT2D eigenvalue weighted by molar-refractivity contribution is -0.153. The zero-order chi connectivity index (χ0) is 30.1. The molecular formula is C28H53N3O8. The molecule has 1 aliphatic carbocycles. The lowest BCUT2D eigenvalue weighted by Gasteiger charge is -2.46. The first-order chi connectivity index (χ1) is 18.2. The Balaban J connectivity index is 0.00000112. The first kappa shape index (κ1) is 36.6. The van der Waals surface area contributed by atoms with Gasteiger partial charge in [-0.05, 0) is 59.3 Å². The Labute approximate surface area is 235 Å². The van der Waals surface area contributed by atoms with E-state index in [1.807, 2.05) is 32.6 Å². The summed E-state index contributed by atoms with van der Waals surface area (Å²) in [5, 5.41) is 0. The molecule has 228 valence electrons. The molecule has 3 saturated heterocycles. The van der Waals surface area contributed by atoms with Gasteiger partial charge in [-0.3, -0.25) is 14.4 Å². The van der Waals surface area contributed by atoms with Gasteiger partial charge in [0, 0.05) is 31.6 Å². The molecular weight excluding hydrogens is 506 g/mol. The van der Waals surface area contributed by atoms with Gasteiger partial charge in [0.2, 0.25) is 12.3 Å². The quantitative estimate of drug-likeness (QED) is 0.489. The first-order valence-corrected chi connectivity index (χ1v) is 13.8. The third-order valence-corrected chi connectivity index (χ3v) is 6.13. The number of piperazine rings is 1. The van der Waals surface area contributed by atoms with Gasteiger partial charge in [-0.15, -0.1) is 0 Å². The Bertz CT molecular complexity index is 694. The van der Waals surface area contributed by atoms with E-state index < -0.39 is 5.60 Å². The molecule has 4 rings (SSSR count). The van der Waals surface area contributed by atoms with Gasteiger partial charge < -0.3 is 34.5 Å². The molecule has 0 radical (unpaired) electrons. The Morgan fingerprint density at radius 2 is 1.49 bits per heavy atom. The van der Waals surface area contributed by atoms with Crippen LogP contribution < -0.4 is 5.73 Å². The molecule has 4 aliphatic rings. The summed E-state index contributed by atoms with van der Waals surface area (Å²) < 4.78 is 21.2. The Kier molecular flexibility index (Phi) is 17.7.